The zero-order valence-corrected chi connectivity index (χ0v) is 16.3. The summed E-state index contributed by atoms with van der Waals surface area (Å²) in [6.45, 7) is 3.08. The second-order valence-corrected chi connectivity index (χ2v) is 7.06. The minimum Gasteiger partial charge on any atom is -0.491 e. The van der Waals surface area contributed by atoms with Crippen molar-refractivity contribution in [3.05, 3.63) is 77.9 Å². The van der Waals surface area contributed by atoms with Crippen molar-refractivity contribution in [1.82, 2.24) is 0 Å². The molecule has 29 heavy (non-hydrogen) atoms. The number of benzene rings is 3. The minimum atomic E-state index is -0.708. The zero-order valence-electron chi connectivity index (χ0n) is 16.3. The van der Waals surface area contributed by atoms with Crippen LogP contribution in [0.15, 0.2) is 66.7 Å². The lowest BCUT2D eigenvalue weighted by Gasteiger charge is -2.13. The highest BCUT2D eigenvalue weighted by molar-refractivity contribution is 5.64. The Morgan fingerprint density at radius 2 is 1.55 bits per heavy atom. The molecule has 150 valence electrons. The molecular formula is C24H24O5. The second kappa shape index (κ2) is 8.99. The van der Waals surface area contributed by atoms with Crippen LogP contribution in [-0.4, -0.2) is 31.2 Å². The Kier molecular flexibility index (Phi) is 5.98. The SMILES string of the molecule is Cc1ccc(-c2ccc(OC[C@H](O)COCc3ccc4c(c3)OCO4)cc2)cc1. The Balaban J connectivity index is 1.21. The fourth-order valence-corrected chi connectivity index (χ4v) is 3.07. The van der Waals surface area contributed by atoms with E-state index in [1.165, 1.54) is 11.1 Å². The van der Waals surface area contributed by atoms with Gasteiger partial charge in [0.15, 0.2) is 11.5 Å². The topological polar surface area (TPSA) is 57.2 Å². The van der Waals surface area contributed by atoms with Crippen molar-refractivity contribution in [2.24, 2.45) is 0 Å². The largest absolute Gasteiger partial charge is 0.491 e. The molecule has 1 atom stereocenters. The lowest BCUT2D eigenvalue weighted by Crippen LogP contribution is -2.23. The third-order valence-electron chi connectivity index (χ3n) is 4.70. The first-order valence-corrected chi connectivity index (χ1v) is 9.61. The van der Waals surface area contributed by atoms with Crippen LogP contribution in [0.25, 0.3) is 11.1 Å². The number of aliphatic hydroxyl groups excluding tert-OH is 1. The van der Waals surface area contributed by atoms with Crippen LogP contribution in [0, 0.1) is 6.92 Å². The van der Waals surface area contributed by atoms with Gasteiger partial charge in [-0.3, -0.25) is 0 Å². The van der Waals surface area contributed by atoms with Gasteiger partial charge in [0.1, 0.15) is 18.5 Å². The van der Waals surface area contributed by atoms with Gasteiger partial charge in [0.2, 0.25) is 6.79 Å². The molecule has 0 radical (unpaired) electrons. The summed E-state index contributed by atoms with van der Waals surface area (Å²) in [5.74, 6) is 2.19. The van der Waals surface area contributed by atoms with E-state index in [0.29, 0.717) is 6.61 Å². The number of aryl methyl sites for hydroxylation is 1. The third kappa shape index (κ3) is 5.08. The van der Waals surface area contributed by atoms with Crippen LogP contribution in [-0.2, 0) is 11.3 Å². The minimum absolute atomic E-state index is 0.172. The molecule has 1 aliphatic rings. The number of hydrogen-bond donors (Lipinski definition) is 1. The highest BCUT2D eigenvalue weighted by Gasteiger charge is 2.13. The molecule has 1 N–H and O–H groups in total. The Morgan fingerprint density at radius 1 is 0.862 bits per heavy atom. The van der Waals surface area contributed by atoms with Crippen LogP contribution >= 0.6 is 0 Å². The zero-order chi connectivity index (χ0) is 20.1. The average Bonchev–Trinajstić information content (AvgIpc) is 3.21. The Labute approximate surface area is 170 Å². The van der Waals surface area contributed by atoms with Crippen molar-refractivity contribution < 1.29 is 24.1 Å². The maximum Gasteiger partial charge on any atom is 0.231 e. The summed E-state index contributed by atoms with van der Waals surface area (Å²) in [4.78, 5) is 0. The molecule has 0 spiro atoms. The van der Waals surface area contributed by atoms with Gasteiger partial charge >= 0.3 is 0 Å². The summed E-state index contributed by atoms with van der Waals surface area (Å²) in [5.41, 5.74) is 4.50. The molecule has 0 aromatic heterocycles. The van der Waals surface area contributed by atoms with E-state index in [0.717, 1.165) is 28.4 Å². The number of ether oxygens (including phenoxy) is 4. The number of fused-ring (bicyclic) bond motifs is 1. The third-order valence-corrected chi connectivity index (χ3v) is 4.70. The first-order valence-electron chi connectivity index (χ1n) is 9.61. The van der Waals surface area contributed by atoms with E-state index in [4.69, 9.17) is 18.9 Å². The lowest BCUT2D eigenvalue weighted by molar-refractivity contribution is 0.00546. The van der Waals surface area contributed by atoms with Gasteiger partial charge in [0, 0.05) is 0 Å². The van der Waals surface area contributed by atoms with E-state index in [9.17, 15) is 5.11 Å². The average molecular weight is 392 g/mol. The van der Waals surface area contributed by atoms with Crippen molar-refractivity contribution >= 4 is 0 Å². The van der Waals surface area contributed by atoms with Gasteiger partial charge in [-0.15, -0.1) is 0 Å². The molecule has 0 amide bonds. The van der Waals surface area contributed by atoms with Crippen LogP contribution in [0.5, 0.6) is 17.2 Å². The molecule has 0 saturated heterocycles. The van der Waals surface area contributed by atoms with E-state index in [-0.39, 0.29) is 20.0 Å². The van der Waals surface area contributed by atoms with Gasteiger partial charge in [-0.05, 0) is 47.9 Å². The van der Waals surface area contributed by atoms with Crippen LogP contribution in [0.1, 0.15) is 11.1 Å². The first kappa shape index (κ1) is 19.3. The molecule has 3 aromatic carbocycles. The van der Waals surface area contributed by atoms with Crippen molar-refractivity contribution in [2.75, 3.05) is 20.0 Å². The molecule has 5 heteroatoms. The maximum absolute atomic E-state index is 10.1. The standard InChI is InChI=1S/C24H24O5/c1-17-2-5-19(6-3-17)20-7-9-22(10-8-20)27-15-21(25)14-26-13-18-4-11-23-24(12-18)29-16-28-23/h2-12,21,25H,13-16H2,1H3/t21-/m1/s1. The van der Waals surface area contributed by atoms with Gasteiger partial charge in [-0.25, -0.2) is 0 Å². The van der Waals surface area contributed by atoms with Crippen LogP contribution < -0.4 is 14.2 Å². The van der Waals surface area contributed by atoms with Crippen LogP contribution in [0.4, 0.5) is 0 Å². The summed E-state index contributed by atoms with van der Waals surface area (Å²) in [6.07, 6.45) is -0.708. The maximum atomic E-state index is 10.1. The van der Waals surface area contributed by atoms with Gasteiger partial charge in [-0.1, -0.05) is 48.0 Å². The molecule has 0 fully saturated rings. The molecule has 0 bridgehead atoms. The molecule has 0 aliphatic carbocycles. The van der Waals surface area contributed by atoms with Crippen molar-refractivity contribution in [3.63, 3.8) is 0 Å². The summed E-state index contributed by atoms with van der Waals surface area (Å²) >= 11 is 0. The predicted octanol–water partition coefficient (Wildman–Crippen LogP) is 4.35. The quantitative estimate of drug-likeness (QED) is 0.618. The second-order valence-electron chi connectivity index (χ2n) is 7.06. The normalized spacial score (nSPS) is 13.3. The summed E-state index contributed by atoms with van der Waals surface area (Å²) in [5, 5.41) is 10.1. The van der Waals surface area contributed by atoms with Crippen LogP contribution in [0.3, 0.4) is 0 Å². The Bertz CT molecular complexity index is 934. The fraction of sp³-hybridized carbons (Fsp3) is 0.250. The monoisotopic (exact) mass is 392 g/mol. The van der Waals surface area contributed by atoms with E-state index in [1.54, 1.807) is 0 Å². The van der Waals surface area contributed by atoms with Crippen molar-refractivity contribution in [2.45, 2.75) is 19.6 Å². The lowest BCUT2D eigenvalue weighted by atomic mass is 10.0. The highest BCUT2D eigenvalue weighted by atomic mass is 16.7. The molecule has 4 rings (SSSR count). The molecular weight excluding hydrogens is 368 g/mol. The predicted molar refractivity (Wildman–Crippen MR) is 110 cm³/mol. The molecule has 1 heterocycles. The Morgan fingerprint density at radius 3 is 2.31 bits per heavy atom. The van der Waals surface area contributed by atoms with E-state index in [1.807, 2.05) is 42.5 Å². The van der Waals surface area contributed by atoms with Gasteiger partial charge in [0.25, 0.3) is 0 Å². The highest BCUT2D eigenvalue weighted by Crippen LogP contribution is 2.32. The Hall–Kier alpha value is -3.02. The van der Waals surface area contributed by atoms with E-state index < -0.39 is 6.10 Å². The summed E-state index contributed by atoms with van der Waals surface area (Å²) < 4.78 is 21.9. The van der Waals surface area contributed by atoms with Crippen molar-refractivity contribution in [1.29, 1.82) is 0 Å². The van der Waals surface area contributed by atoms with Gasteiger partial charge in [0.05, 0.1) is 13.2 Å². The van der Waals surface area contributed by atoms with Gasteiger partial charge < -0.3 is 24.1 Å². The molecule has 5 nitrogen and oxygen atoms in total. The van der Waals surface area contributed by atoms with E-state index in [2.05, 4.69) is 31.2 Å². The first-order chi connectivity index (χ1) is 14.2. The molecule has 0 unspecified atom stereocenters. The van der Waals surface area contributed by atoms with Crippen LogP contribution in [0.2, 0.25) is 0 Å². The molecule has 1 aliphatic heterocycles. The summed E-state index contributed by atoms with van der Waals surface area (Å²) in [6, 6.07) is 21.9. The number of rotatable bonds is 8. The number of hydrogen-bond acceptors (Lipinski definition) is 5. The van der Waals surface area contributed by atoms with Gasteiger partial charge in [-0.2, -0.15) is 0 Å². The fourth-order valence-electron chi connectivity index (χ4n) is 3.07. The molecule has 3 aromatic rings. The molecule has 0 saturated carbocycles. The van der Waals surface area contributed by atoms with E-state index >= 15 is 0 Å². The van der Waals surface area contributed by atoms with Crippen molar-refractivity contribution in [3.8, 4) is 28.4 Å². The smallest absolute Gasteiger partial charge is 0.231 e. The number of aliphatic hydroxyl groups is 1. The summed E-state index contributed by atoms with van der Waals surface area (Å²) in [7, 11) is 0.